The summed E-state index contributed by atoms with van der Waals surface area (Å²) in [5.41, 5.74) is 2.10. The summed E-state index contributed by atoms with van der Waals surface area (Å²) < 4.78 is 10.4. The zero-order valence-electron chi connectivity index (χ0n) is 15.2. The van der Waals surface area contributed by atoms with E-state index in [0.717, 1.165) is 16.7 Å². The summed E-state index contributed by atoms with van der Waals surface area (Å²) >= 11 is 0. The minimum atomic E-state index is -1.21. The van der Waals surface area contributed by atoms with Crippen LogP contribution in [0, 0.1) is 5.41 Å². The highest BCUT2D eigenvalue weighted by atomic mass is 16.6. The van der Waals surface area contributed by atoms with Gasteiger partial charge in [-0.1, -0.05) is 48.1 Å². The summed E-state index contributed by atoms with van der Waals surface area (Å²) in [6.07, 6.45) is 5.54. The van der Waals surface area contributed by atoms with Crippen molar-refractivity contribution < 1.29 is 19.1 Å². The van der Waals surface area contributed by atoms with Crippen LogP contribution in [0.5, 0.6) is 0 Å². The van der Waals surface area contributed by atoms with Gasteiger partial charge in [-0.25, -0.2) is 0 Å². The van der Waals surface area contributed by atoms with Crippen molar-refractivity contribution in [3.8, 4) is 0 Å². The molecule has 134 valence electrons. The molecule has 0 aliphatic heterocycles. The maximum atomic E-state index is 12.5. The molecule has 0 radical (unpaired) electrons. The van der Waals surface area contributed by atoms with Crippen molar-refractivity contribution in [2.45, 2.75) is 40.0 Å². The highest BCUT2D eigenvalue weighted by Gasteiger charge is 2.50. The Hall–Kier alpha value is -2.36. The van der Waals surface area contributed by atoms with E-state index in [1.54, 1.807) is 13.8 Å². The van der Waals surface area contributed by atoms with Crippen molar-refractivity contribution in [1.82, 2.24) is 0 Å². The van der Waals surface area contributed by atoms with Crippen LogP contribution in [-0.4, -0.2) is 25.2 Å². The van der Waals surface area contributed by atoms with Crippen LogP contribution in [-0.2, 0) is 19.1 Å². The number of hydrogen-bond acceptors (Lipinski definition) is 4. The first-order valence-electron chi connectivity index (χ1n) is 8.79. The molecular formula is C21H26O4. The lowest BCUT2D eigenvalue weighted by Gasteiger charge is -2.33. The molecule has 25 heavy (non-hydrogen) atoms. The van der Waals surface area contributed by atoms with E-state index < -0.39 is 17.4 Å². The number of esters is 2. The third kappa shape index (κ3) is 4.38. The minimum absolute atomic E-state index is 0.253. The largest absolute Gasteiger partial charge is 0.465 e. The fourth-order valence-electron chi connectivity index (χ4n) is 3.17. The molecule has 1 aliphatic carbocycles. The first-order valence-corrected chi connectivity index (χ1v) is 8.79. The Bertz CT molecular complexity index is 652. The Balaban J connectivity index is 2.25. The van der Waals surface area contributed by atoms with Crippen LogP contribution in [0.15, 0.2) is 47.6 Å². The summed E-state index contributed by atoms with van der Waals surface area (Å²) in [6, 6.07) is 10.0. The molecule has 4 heteroatoms. The average Bonchev–Trinajstić information content (AvgIpc) is 2.61. The van der Waals surface area contributed by atoms with Gasteiger partial charge in [0.1, 0.15) is 0 Å². The number of benzene rings is 1. The second-order valence-electron chi connectivity index (χ2n) is 6.25. The normalized spacial score (nSPS) is 16.8. The lowest BCUT2D eigenvalue weighted by molar-refractivity contribution is -0.173. The smallest absolute Gasteiger partial charge is 0.323 e. The van der Waals surface area contributed by atoms with E-state index in [1.807, 2.05) is 37.3 Å². The molecule has 2 rings (SSSR count). The molecule has 1 aromatic rings. The lowest BCUT2D eigenvalue weighted by Crippen LogP contribution is -2.44. The van der Waals surface area contributed by atoms with Gasteiger partial charge in [-0.05, 0) is 51.2 Å². The van der Waals surface area contributed by atoms with Gasteiger partial charge in [-0.2, -0.15) is 0 Å². The van der Waals surface area contributed by atoms with Gasteiger partial charge >= 0.3 is 11.9 Å². The van der Waals surface area contributed by atoms with Crippen LogP contribution >= 0.6 is 0 Å². The van der Waals surface area contributed by atoms with Crippen LogP contribution < -0.4 is 0 Å². The molecule has 1 aromatic carbocycles. The molecule has 0 saturated carbocycles. The van der Waals surface area contributed by atoms with Gasteiger partial charge in [-0.3, -0.25) is 9.59 Å². The van der Waals surface area contributed by atoms with Crippen LogP contribution in [0.4, 0.5) is 0 Å². The fourth-order valence-corrected chi connectivity index (χ4v) is 3.17. The average molecular weight is 342 g/mol. The Morgan fingerprint density at radius 3 is 2.16 bits per heavy atom. The van der Waals surface area contributed by atoms with Gasteiger partial charge in [0.05, 0.1) is 13.2 Å². The Labute approximate surface area is 149 Å². The zero-order chi connectivity index (χ0) is 18.3. The van der Waals surface area contributed by atoms with Gasteiger partial charge in [0.15, 0.2) is 5.41 Å². The molecule has 0 aromatic heterocycles. The highest BCUT2D eigenvalue weighted by molar-refractivity contribution is 6.00. The molecule has 0 fully saturated rings. The topological polar surface area (TPSA) is 52.6 Å². The molecule has 0 amide bonds. The van der Waals surface area contributed by atoms with Crippen LogP contribution in [0.2, 0.25) is 0 Å². The van der Waals surface area contributed by atoms with E-state index >= 15 is 0 Å². The predicted octanol–water partition coefficient (Wildman–Crippen LogP) is 4.31. The van der Waals surface area contributed by atoms with Gasteiger partial charge in [0.25, 0.3) is 0 Å². The molecule has 0 unspecified atom stereocenters. The van der Waals surface area contributed by atoms with Crippen molar-refractivity contribution in [3.63, 3.8) is 0 Å². The second-order valence-corrected chi connectivity index (χ2v) is 6.25. The van der Waals surface area contributed by atoms with Gasteiger partial charge in [0, 0.05) is 0 Å². The van der Waals surface area contributed by atoms with E-state index in [2.05, 4.69) is 12.2 Å². The molecular weight excluding hydrogens is 316 g/mol. The molecule has 0 bridgehead atoms. The van der Waals surface area contributed by atoms with Crippen molar-refractivity contribution in [3.05, 3.63) is 53.1 Å². The summed E-state index contributed by atoms with van der Waals surface area (Å²) in [5.74, 6) is -0.947. The van der Waals surface area contributed by atoms with E-state index in [0.29, 0.717) is 19.3 Å². The minimum Gasteiger partial charge on any atom is -0.465 e. The van der Waals surface area contributed by atoms with Gasteiger partial charge in [-0.15, -0.1) is 0 Å². The molecule has 0 atom stereocenters. The monoisotopic (exact) mass is 342 g/mol. The molecule has 4 nitrogen and oxygen atoms in total. The zero-order valence-corrected chi connectivity index (χ0v) is 15.2. The Morgan fingerprint density at radius 2 is 1.64 bits per heavy atom. The Kier molecular flexibility index (Phi) is 6.57. The van der Waals surface area contributed by atoms with Crippen molar-refractivity contribution in [1.29, 1.82) is 0 Å². The van der Waals surface area contributed by atoms with E-state index in [-0.39, 0.29) is 13.2 Å². The summed E-state index contributed by atoms with van der Waals surface area (Å²) in [7, 11) is 0. The number of allylic oxidation sites excluding steroid dienone is 3. The lowest BCUT2D eigenvalue weighted by atomic mass is 9.71. The highest BCUT2D eigenvalue weighted by Crippen LogP contribution is 2.42. The first-order chi connectivity index (χ1) is 12.0. The van der Waals surface area contributed by atoms with Crippen LogP contribution in [0.1, 0.15) is 45.6 Å². The van der Waals surface area contributed by atoms with Gasteiger partial charge in [0.2, 0.25) is 0 Å². The third-order valence-electron chi connectivity index (χ3n) is 4.55. The number of carbonyl (C=O) groups excluding carboxylic acids is 2. The van der Waals surface area contributed by atoms with Crippen LogP contribution in [0.25, 0.3) is 6.08 Å². The van der Waals surface area contributed by atoms with E-state index in [1.165, 1.54) is 0 Å². The van der Waals surface area contributed by atoms with Crippen molar-refractivity contribution in [2.24, 2.45) is 5.41 Å². The summed E-state index contributed by atoms with van der Waals surface area (Å²) in [4.78, 5) is 25.0. The summed E-state index contributed by atoms with van der Waals surface area (Å²) in [6.45, 7) is 5.97. The molecule has 0 N–H and O–H groups in total. The van der Waals surface area contributed by atoms with Crippen molar-refractivity contribution >= 4 is 18.0 Å². The number of carbonyl (C=O) groups is 2. The van der Waals surface area contributed by atoms with Crippen LogP contribution in [0.3, 0.4) is 0 Å². The van der Waals surface area contributed by atoms with E-state index in [4.69, 9.17) is 9.47 Å². The standard InChI is InChI=1S/C21H26O4/c1-4-24-19(22)21(20(23)25-5-2)14-13-18(16(3)15-21)12-11-17-9-7-6-8-10-17/h6-12H,4-5,13-15H2,1-3H3/b12-11-. The van der Waals surface area contributed by atoms with E-state index in [9.17, 15) is 9.59 Å². The molecule has 0 heterocycles. The van der Waals surface area contributed by atoms with Crippen molar-refractivity contribution in [2.75, 3.05) is 13.2 Å². The predicted molar refractivity (Wildman–Crippen MR) is 97.7 cm³/mol. The number of rotatable bonds is 6. The second kappa shape index (κ2) is 8.65. The first kappa shape index (κ1) is 19.0. The quantitative estimate of drug-likeness (QED) is 0.571. The molecule has 1 aliphatic rings. The Morgan fingerprint density at radius 1 is 1.04 bits per heavy atom. The molecule has 0 saturated heterocycles. The fraction of sp³-hybridized carbons (Fsp3) is 0.429. The SMILES string of the molecule is CCOC(=O)C1(C(=O)OCC)CCC(/C=C\c2ccccc2)=C(C)C1. The van der Waals surface area contributed by atoms with Gasteiger partial charge < -0.3 is 9.47 Å². The third-order valence-corrected chi connectivity index (χ3v) is 4.55. The maximum absolute atomic E-state index is 12.5. The summed E-state index contributed by atoms with van der Waals surface area (Å²) in [5, 5.41) is 0. The maximum Gasteiger partial charge on any atom is 0.323 e. The number of hydrogen-bond donors (Lipinski definition) is 0. The molecule has 0 spiro atoms. The number of ether oxygens (including phenoxy) is 2.